The predicted molar refractivity (Wildman–Crippen MR) is 95.4 cm³/mol. The van der Waals surface area contributed by atoms with E-state index in [4.69, 9.17) is 4.52 Å². The lowest BCUT2D eigenvalue weighted by Crippen LogP contribution is -2.38. The van der Waals surface area contributed by atoms with Crippen molar-refractivity contribution < 1.29 is 22.8 Å². The maximum absolute atomic E-state index is 12.9. The van der Waals surface area contributed by atoms with E-state index in [2.05, 4.69) is 15.1 Å². The molecule has 6 nitrogen and oxygen atoms in total. The number of β-amino-alcohol motifs (C(OH)–C–C–N with tert-alkyl or cyclic N) is 1. The fraction of sp³-hybridized carbons (Fsp3) is 0.316. The fourth-order valence-electron chi connectivity index (χ4n) is 3.16. The lowest BCUT2D eigenvalue weighted by molar-refractivity contribution is -0.137. The number of hydrogen-bond donors (Lipinski definition) is 1. The van der Waals surface area contributed by atoms with E-state index in [-0.39, 0.29) is 23.4 Å². The summed E-state index contributed by atoms with van der Waals surface area (Å²) in [6, 6.07) is 8.32. The predicted octanol–water partition coefficient (Wildman–Crippen LogP) is 3.78. The number of benzene rings is 1. The van der Waals surface area contributed by atoms with E-state index in [0.717, 1.165) is 37.3 Å². The van der Waals surface area contributed by atoms with Crippen LogP contribution in [0.25, 0.3) is 22.8 Å². The maximum atomic E-state index is 12.9. The third kappa shape index (κ3) is 3.84. The minimum atomic E-state index is -4.44. The van der Waals surface area contributed by atoms with Gasteiger partial charge in [-0.3, -0.25) is 0 Å². The van der Waals surface area contributed by atoms with E-state index in [0.29, 0.717) is 12.1 Å². The number of alkyl halides is 3. The quantitative estimate of drug-likeness (QED) is 0.734. The summed E-state index contributed by atoms with van der Waals surface area (Å²) in [6.07, 6.45) is -1.55. The normalized spacial score (nSPS) is 17.7. The third-order valence-corrected chi connectivity index (χ3v) is 4.59. The van der Waals surface area contributed by atoms with E-state index < -0.39 is 11.7 Å². The summed E-state index contributed by atoms with van der Waals surface area (Å²) in [7, 11) is 0. The molecule has 0 saturated carbocycles. The zero-order chi connectivity index (χ0) is 19.7. The highest BCUT2D eigenvalue weighted by atomic mass is 19.4. The number of halogens is 3. The number of aliphatic hydroxyl groups is 1. The molecular weight excluding hydrogens is 373 g/mol. The third-order valence-electron chi connectivity index (χ3n) is 4.59. The Labute approximate surface area is 158 Å². The van der Waals surface area contributed by atoms with E-state index in [1.807, 2.05) is 4.90 Å². The Morgan fingerprint density at radius 2 is 2.00 bits per heavy atom. The molecule has 1 saturated heterocycles. The first-order valence-corrected chi connectivity index (χ1v) is 8.81. The van der Waals surface area contributed by atoms with Gasteiger partial charge in [0.15, 0.2) is 0 Å². The zero-order valence-corrected chi connectivity index (χ0v) is 14.7. The second kappa shape index (κ2) is 7.23. The Hall–Kier alpha value is -2.94. The van der Waals surface area contributed by atoms with Crippen molar-refractivity contribution in [3.63, 3.8) is 0 Å². The molecule has 9 heteroatoms. The van der Waals surface area contributed by atoms with Crippen LogP contribution in [0, 0.1) is 0 Å². The molecule has 1 unspecified atom stereocenters. The Balaban J connectivity index is 1.55. The second-order valence-corrected chi connectivity index (χ2v) is 6.65. The first-order valence-electron chi connectivity index (χ1n) is 8.81. The first kappa shape index (κ1) is 18.4. The van der Waals surface area contributed by atoms with Crippen molar-refractivity contribution in [2.24, 2.45) is 0 Å². The molecule has 0 bridgehead atoms. The van der Waals surface area contributed by atoms with Gasteiger partial charge in [-0.05, 0) is 37.1 Å². The van der Waals surface area contributed by atoms with Crippen LogP contribution < -0.4 is 4.90 Å². The Morgan fingerprint density at radius 3 is 2.71 bits per heavy atom. The molecule has 1 N–H and O–H groups in total. The van der Waals surface area contributed by atoms with Crippen LogP contribution in [0.5, 0.6) is 0 Å². The largest absolute Gasteiger partial charge is 0.416 e. The molecule has 0 aliphatic carbocycles. The average Bonchev–Trinajstić information content (AvgIpc) is 3.18. The SMILES string of the molecule is OC1CCCN(c2ccc(-c3nc(-c4cccc(C(F)(F)F)c4)no3)cn2)C1. The summed E-state index contributed by atoms with van der Waals surface area (Å²) in [5.74, 6) is 0.981. The van der Waals surface area contributed by atoms with Crippen molar-refractivity contribution in [1.82, 2.24) is 15.1 Å². The standard InChI is InChI=1S/C19H17F3N4O2/c20-19(21,22)14-4-1-3-12(9-14)17-24-18(28-25-17)13-6-7-16(23-10-13)26-8-2-5-15(27)11-26/h1,3-4,6-7,9-10,15,27H,2,5,8,11H2. The highest BCUT2D eigenvalue weighted by Gasteiger charge is 2.30. The first-order chi connectivity index (χ1) is 13.4. The number of aromatic nitrogens is 3. The molecule has 3 heterocycles. The van der Waals surface area contributed by atoms with Crippen LogP contribution in [0.2, 0.25) is 0 Å². The fourth-order valence-corrected chi connectivity index (χ4v) is 3.16. The summed E-state index contributed by atoms with van der Waals surface area (Å²) in [4.78, 5) is 10.6. The van der Waals surface area contributed by atoms with Crippen molar-refractivity contribution in [2.45, 2.75) is 25.1 Å². The van der Waals surface area contributed by atoms with E-state index in [1.165, 1.54) is 12.1 Å². The topological polar surface area (TPSA) is 75.3 Å². The van der Waals surface area contributed by atoms with Crippen LogP contribution in [-0.2, 0) is 6.18 Å². The molecule has 28 heavy (non-hydrogen) atoms. The number of rotatable bonds is 3. The lowest BCUT2D eigenvalue weighted by Gasteiger charge is -2.30. The molecule has 0 spiro atoms. The zero-order valence-electron chi connectivity index (χ0n) is 14.7. The van der Waals surface area contributed by atoms with Crippen LogP contribution in [-0.4, -0.2) is 39.4 Å². The molecular formula is C19H17F3N4O2. The summed E-state index contributed by atoms with van der Waals surface area (Å²) >= 11 is 0. The lowest BCUT2D eigenvalue weighted by atomic mass is 10.1. The Morgan fingerprint density at radius 1 is 1.14 bits per heavy atom. The monoisotopic (exact) mass is 390 g/mol. The molecule has 1 fully saturated rings. The maximum Gasteiger partial charge on any atom is 0.416 e. The summed E-state index contributed by atoms with van der Waals surface area (Å²) in [5.41, 5.74) is 0.00910. The van der Waals surface area contributed by atoms with Crippen molar-refractivity contribution in [3.05, 3.63) is 48.2 Å². The van der Waals surface area contributed by atoms with Crippen molar-refractivity contribution >= 4 is 5.82 Å². The molecule has 1 aromatic carbocycles. The number of pyridine rings is 1. The summed E-state index contributed by atoms with van der Waals surface area (Å²) in [5, 5.41) is 13.6. The van der Waals surface area contributed by atoms with Gasteiger partial charge in [0.05, 0.1) is 17.2 Å². The molecule has 1 atom stereocenters. The van der Waals surface area contributed by atoms with Gasteiger partial charge in [0.2, 0.25) is 5.82 Å². The average molecular weight is 390 g/mol. The minimum Gasteiger partial charge on any atom is -0.391 e. The van der Waals surface area contributed by atoms with Crippen LogP contribution in [0.15, 0.2) is 47.1 Å². The number of anilines is 1. The summed E-state index contributed by atoms with van der Waals surface area (Å²) in [6.45, 7) is 1.36. The number of nitrogens with zero attached hydrogens (tertiary/aromatic N) is 4. The number of piperidine rings is 1. The van der Waals surface area contributed by atoms with E-state index in [1.54, 1.807) is 18.3 Å². The highest BCUT2D eigenvalue weighted by molar-refractivity contribution is 5.61. The Bertz CT molecular complexity index is 956. The number of hydrogen-bond acceptors (Lipinski definition) is 6. The van der Waals surface area contributed by atoms with Gasteiger partial charge in [-0.25, -0.2) is 4.98 Å². The molecule has 1 aliphatic heterocycles. The molecule has 0 amide bonds. The van der Waals surface area contributed by atoms with Gasteiger partial charge in [0, 0.05) is 24.8 Å². The minimum absolute atomic E-state index is 0.0735. The van der Waals surface area contributed by atoms with Gasteiger partial charge in [-0.2, -0.15) is 18.2 Å². The van der Waals surface area contributed by atoms with Gasteiger partial charge < -0.3 is 14.5 Å². The molecule has 146 valence electrons. The van der Waals surface area contributed by atoms with Crippen molar-refractivity contribution in [3.8, 4) is 22.8 Å². The van der Waals surface area contributed by atoms with Gasteiger partial charge in [-0.15, -0.1) is 0 Å². The smallest absolute Gasteiger partial charge is 0.391 e. The van der Waals surface area contributed by atoms with Crippen LogP contribution in [0.4, 0.5) is 19.0 Å². The van der Waals surface area contributed by atoms with Crippen LogP contribution >= 0.6 is 0 Å². The van der Waals surface area contributed by atoms with Gasteiger partial charge in [0.25, 0.3) is 5.89 Å². The van der Waals surface area contributed by atoms with E-state index in [9.17, 15) is 18.3 Å². The molecule has 3 aromatic rings. The second-order valence-electron chi connectivity index (χ2n) is 6.65. The number of aliphatic hydroxyl groups excluding tert-OH is 1. The van der Waals surface area contributed by atoms with Gasteiger partial charge in [-0.1, -0.05) is 17.3 Å². The van der Waals surface area contributed by atoms with Crippen LogP contribution in [0.1, 0.15) is 18.4 Å². The molecule has 0 radical (unpaired) electrons. The Kier molecular flexibility index (Phi) is 4.76. The van der Waals surface area contributed by atoms with Gasteiger partial charge in [0.1, 0.15) is 5.82 Å². The van der Waals surface area contributed by atoms with Crippen molar-refractivity contribution in [1.29, 1.82) is 0 Å². The van der Waals surface area contributed by atoms with E-state index >= 15 is 0 Å². The molecule has 4 rings (SSSR count). The molecule has 2 aromatic heterocycles. The van der Waals surface area contributed by atoms with Gasteiger partial charge >= 0.3 is 6.18 Å². The van der Waals surface area contributed by atoms with Crippen molar-refractivity contribution in [2.75, 3.05) is 18.0 Å². The highest BCUT2D eigenvalue weighted by Crippen LogP contribution is 2.32. The molecule has 1 aliphatic rings. The van der Waals surface area contributed by atoms with Crippen LogP contribution in [0.3, 0.4) is 0 Å². The summed E-state index contributed by atoms with van der Waals surface area (Å²) < 4.78 is 43.8.